The highest BCUT2D eigenvalue weighted by atomic mass is 32.1. The summed E-state index contributed by atoms with van der Waals surface area (Å²) in [5.74, 6) is 1.97. The molecule has 1 heterocycles. The summed E-state index contributed by atoms with van der Waals surface area (Å²) < 4.78 is 5.47. The van der Waals surface area contributed by atoms with Gasteiger partial charge in [0.2, 0.25) is 5.78 Å². The molecular formula is C18H22O3S. The van der Waals surface area contributed by atoms with E-state index in [1.807, 2.05) is 19.1 Å². The lowest BCUT2D eigenvalue weighted by atomic mass is 9.49. The van der Waals surface area contributed by atoms with Crippen LogP contribution in [0.1, 0.15) is 53.1 Å². The molecule has 0 aliphatic heterocycles. The number of aryl methyl sites for hydroxylation is 1. The van der Waals surface area contributed by atoms with Crippen LogP contribution in [0, 0.1) is 30.1 Å². The number of carbonyl (C=O) groups excluding carboxylic acids is 2. The summed E-state index contributed by atoms with van der Waals surface area (Å²) >= 11 is 1.47. The number of thiophene rings is 1. The molecule has 1 aromatic heterocycles. The van der Waals surface area contributed by atoms with Crippen molar-refractivity contribution in [1.29, 1.82) is 0 Å². The summed E-state index contributed by atoms with van der Waals surface area (Å²) in [4.78, 5) is 26.6. The number of hydrogen-bond acceptors (Lipinski definition) is 4. The second-order valence-corrected chi connectivity index (χ2v) is 8.90. The van der Waals surface area contributed by atoms with Gasteiger partial charge in [0, 0.05) is 4.88 Å². The summed E-state index contributed by atoms with van der Waals surface area (Å²) in [7, 11) is 0. The van der Waals surface area contributed by atoms with Crippen molar-refractivity contribution in [1.82, 2.24) is 0 Å². The SMILES string of the molecule is Cc1ccc(C(=O)COC(=O)C23CC4CC(CC(C4)C2)C3)s1. The molecule has 3 nitrogen and oxygen atoms in total. The molecule has 0 N–H and O–H groups in total. The van der Waals surface area contributed by atoms with Crippen LogP contribution in [0.25, 0.3) is 0 Å². The van der Waals surface area contributed by atoms with Crippen molar-refractivity contribution in [2.45, 2.75) is 45.4 Å². The van der Waals surface area contributed by atoms with Gasteiger partial charge in [-0.3, -0.25) is 9.59 Å². The lowest BCUT2D eigenvalue weighted by molar-refractivity contribution is -0.170. The molecule has 0 atom stereocenters. The molecule has 22 heavy (non-hydrogen) atoms. The Balaban J connectivity index is 1.41. The molecule has 4 bridgehead atoms. The Labute approximate surface area is 135 Å². The van der Waals surface area contributed by atoms with Gasteiger partial charge in [0.25, 0.3) is 0 Å². The third-order valence-electron chi connectivity index (χ3n) is 5.82. The van der Waals surface area contributed by atoms with E-state index in [0.717, 1.165) is 41.9 Å². The lowest BCUT2D eigenvalue weighted by Gasteiger charge is -2.55. The average molecular weight is 318 g/mol. The fourth-order valence-electron chi connectivity index (χ4n) is 5.30. The third kappa shape index (κ3) is 2.41. The van der Waals surface area contributed by atoms with E-state index in [9.17, 15) is 9.59 Å². The molecular weight excluding hydrogens is 296 g/mol. The van der Waals surface area contributed by atoms with Gasteiger partial charge in [-0.1, -0.05) is 0 Å². The van der Waals surface area contributed by atoms with E-state index in [-0.39, 0.29) is 23.8 Å². The third-order valence-corrected chi connectivity index (χ3v) is 6.86. The Hall–Kier alpha value is -1.16. The van der Waals surface area contributed by atoms with Gasteiger partial charge in [-0.15, -0.1) is 11.3 Å². The van der Waals surface area contributed by atoms with Crippen LogP contribution in [0.15, 0.2) is 12.1 Å². The number of esters is 1. The van der Waals surface area contributed by atoms with Crippen LogP contribution in [-0.4, -0.2) is 18.4 Å². The molecule has 0 unspecified atom stereocenters. The fourth-order valence-corrected chi connectivity index (χ4v) is 6.09. The Bertz CT molecular complexity index is 580. The van der Waals surface area contributed by atoms with Crippen molar-refractivity contribution >= 4 is 23.1 Å². The normalized spacial score (nSPS) is 35.6. The standard InChI is InChI=1S/C18H22O3S/c1-11-2-3-16(22-11)15(19)10-21-17(20)18-7-12-4-13(8-18)6-14(5-12)9-18/h2-3,12-14H,4-10H2,1H3. The molecule has 4 heteroatoms. The van der Waals surface area contributed by atoms with Crippen LogP contribution in [-0.2, 0) is 9.53 Å². The van der Waals surface area contributed by atoms with Crippen molar-refractivity contribution in [3.05, 3.63) is 21.9 Å². The predicted octanol–water partition coefficient (Wildman–Crippen LogP) is 4.00. The fraction of sp³-hybridized carbons (Fsp3) is 0.667. The maximum absolute atomic E-state index is 12.7. The smallest absolute Gasteiger partial charge is 0.312 e. The molecule has 4 aliphatic carbocycles. The van der Waals surface area contributed by atoms with Crippen molar-refractivity contribution in [2.75, 3.05) is 6.61 Å². The highest BCUT2D eigenvalue weighted by Crippen LogP contribution is 2.60. The maximum Gasteiger partial charge on any atom is 0.312 e. The number of Topliss-reactive ketones (excluding diaryl/α,β-unsaturated/α-hetero) is 1. The number of ether oxygens (including phenoxy) is 1. The quantitative estimate of drug-likeness (QED) is 0.622. The molecule has 0 spiro atoms. The molecule has 0 radical (unpaired) electrons. The minimum Gasteiger partial charge on any atom is -0.457 e. The van der Waals surface area contributed by atoms with Gasteiger partial charge in [0.1, 0.15) is 0 Å². The second kappa shape index (κ2) is 5.19. The van der Waals surface area contributed by atoms with Crippen LogP contribution in [0.4, 0.5) is 0 Å². The first kappa shape index (κ1) is 14.4. The van der Waals surface area contributed by atoms with Gasteiger partial charge < -0.3 is 4.74 Å². The molecule has 0 amide bonds. The van der Waals surface area contributed by atoms with Crippen molar-refractivity contribution < 1.29 is 14.3 Å². The highest BCUT2D eigenvalue weighted by Gasteiger charge is 2.55. The molecule has 0 aromatic carbocycles. The molecule has 118 valence electrons. The van der Waals surface area contributed by atoms with Crippen LogP contribution < -0.4 is 0 Å². The lowest BCUT2D eigenvalue weighted by Crippen LogP contribution is -2.50. The van der Waals surface area contributed by atoms with E-state index in [1.54, 1.807) is 0 Å². The molecule has 0 saturated heterocycles. The minimum atomic E-state index is -0.263. The summed E-state index contributed by atoms with van der Waals surface area (Å²) in [5, 5.41) is 0. The zero-order valence-electron chi connectivity index (χ0n) is 13.0. The van der Waals surface area contributed by atoms with Crippen molar-refractivity contribution in [3.63, 3.8) is 0 Å². The van der Waals surface area contributed by atoms with Gasteiger partial charge in [-0.05, 0) is 75.3 Å². The van der Waals surface area contributed by atoms with E-state index in [4.69, 9.17) is 4.74 Å². The number of hydrogen-bond donors (Lipinski definition) is 0. The molecule has 4 fully saturated rings. The number of rotatable bonds is 4. The zero-order chi connectivity index (χ0) is 15.3. The number of carbonyl (C=O) groups is 2. The van der Waals surface area contributed by atoms with Crippen LogP contribution in [0.5, 0.6) is 0 Å². The van der Waals surface area contributed by atoms with E-state index in [2.05, 4.69) is 0 Å². The first-order valence-corrected chi connectivity index (χ1v) is 9.12. The van der Waals surface area contributed by atoms with Crippen molar-refractivity contribution in [2.24, 2.45) is 23.2 Å². The van der Waals surface area contributed by atoms with Gasteiger partial charge in [0.05, 0.1) is 10.3 Å². The average Bonchev–Trinajstić information content (AvgIpc) is 2.89. The second-order valence-electron chi connectivity index (χ2n) is 7.61. The van der Waals surface area contributed by atoms with Crippen LogP contribution in [0.3, 0.4) is 0 Å². The molecule has 4 saturated carbocycles. The first-order chi connectivity index (χ1) is 10.5. The van der Waals surface area contributed by atoms with Gasteiger partial charge >= 0.3 is 5.97 Å². The molecule has 4 aliphatic rings. The Morgan fingerprint density at radius 3 is 2.23 bits per heavy atom. The Morgan fingerprint density at radius 1 is 1.14 bits per heavy atom. The summed E-state index contributed by atoms with van der Waals surface area (Å²) in [5.41, 5.74) is -0.263. The zero-order valence-corrected chi connectivity index (χ0v) is 13.8. The number of ketones is 1. The van der Waals surface area contributed by atoms with Crippen LogP contribution in [0.2, 0.25) is 0 Å². The monoisotopic (exact) mass is 318 g/mol. The van der Waals surface area contributed by atoms with Gasteiger partial charge in [0.15, 0.2) is 6.61 Å². The molecule has 1 aromatic rings. The van der Waals surface area contributed by atoms with E-state index < -0.39 is 0 Å². The summed E-state index contributed by atoms with van der Waals surface area (Å²) in [6.45, 7) is 1.88. The first-order valence-electron chi connectivity index (χ1n) is 8.31. The largest absolute Gasteiger partial charge is 0.457 e. The summed E-state index contributed by atoms with van der Waals surface area (Å²) in [6.07, 6.45) is 6.89. The van der Waals surface area contributed by atoms with E-state index >= 15 is 0 Å². The topological polar surface area (TPSA) is 43.4 Å². The minimum absolute atomic E-state index is 0.0730. The van der Waals surface area contributed by atoms with Gasteiger partial charge in [-0.2, -0.15) is 0 Å². The van der Waals surface area contributed by atoms with Gasteiger partial charge in [-0.25, -0.2) is 0 Å². The maximum atomic E-state index is 12.7. The Kier molecular flexibility index (Phi) is 3.40. The highest BCUT2D eigenvalue weighted by molar-refractivity contribution is 7.14. The predicted molar refractivity (Wildman–Crippen MR) is 85.0 cm³/mol. The van der Waals surface area contributed by atoms with E-state index in [1.165, 1.54) is 30.6 Å². The van der Waals surface area contributed by atoms with E-state index in [0.29, 0.717) is 4.88 Å². The Morgan fingerprint density at radius 2 is 1.73 bits per heavy atom. The van der Waals surface area contributed by atoms with Crippen LogP contribution >= 0.6 is 11.3 Å². The summed E-state index contributed by atoms with van der Waals surface area (Å²) in [6, 6.07) is 3.75. The molecule has 5 rings (SSSR count). The van der Waals surface area contributed by atoms with Crippen molar-refractivity contribution in [3.8, 4) is 0 Å².